The Kier molecular flexibility index (Phi) is 9.29. The minimum atomic E-state index is 0.369. The Bertz CT molecular complexity index is 1110. The van der Waals surface area contributed by atoms with E-state index in [1.54, 1.807) is 7.11 Å². The lowest BCUT2D eigenvalue weighted by atomic mass is 9.79. The topological polar surface area (TPSA) is 44.7 Å². The lowest BCUT2D eigenvalue weighted by molar-refractivity contribution is 0.414. The molecule has 0 fully saturated rings. The van der Waals surface area contributed by atoms with Crippen molar-refractivity contribution in [1.82, 2.24) is 5.32 Å². The van der Waals surface area contributed by atoms with Gasteiger partial charge in [0.25, 0.3) is 0 Å². The molecule has 0 bridgehead atoms. The first-order valence-electron chi connectivity index (χ1n) is 13.6. The summed E-state index contributed by atoms with van der Waals surface area (Å²) in [6.07, 6.45) is 6.66. The molecule has 0 heterocycles. The molecule has 0 unspecified atom stereocenters. The van der Waals surface area contributed by atoms with Crippen LogP contribution >= 0.6 is 0 Å². The minimum absolute atomic E-state index is 0.369. The van der Waals surface area contributed by atoms with E-state index in [1.807, 2.05) is 12.1 Å². The summed E-state index contributed by atoms with van der Waals surface area (Å²) in [6, 6.07) is 21.6. The first-order chi connectivity index (χ1) is 17.6. The molecule has 0 saturated carbocycles. The number of aromatic hydroxyl groups is 1. The van der Waals surface area contributed by atoms with Crippen LogP contribution in [0.25, 0.3) is 0 Å². The summed E-state index contributed by atoms with van der Waals surface area (Å²) < 4.78 is 5.63. The number of nitrogens with one attached hydrogen (secondary N) is 1. The Morgan fingerprint density at radius 2 is 1.75 bits per heavy atom. The van der Waals surface area contributed by atoms with Crippen molar-refractivity contribution >= 4 is 5.69 Å². The number of phenolic OH excluding ortho intramolecular Hbond substituents is 1. The van der Waals surface area contributed by atoms with Gasteiger partial charge in [0.2, 0.25) is 0 Å². The van der Waals surface area contributed by atoms with Crippen LogP contribution in [0.3, 0.4) is 0 Å². The number of nitrogens with zero attached hydrogens (tertiary/aromatic N) is 1. The number of unbranched alkanes of at least 4 members (excludes halogenated alkanes) is 1. The Hall–Kier alpha value is -2.98. The molecule has 0 radical (unpaired) electrons. The Balaban J connectivity index is 1.49. The predicted molar refractivity (Wildman–Crippen MR) is 151 cm³/mol. The number of fused-ring (bicyclic) bond motifs is 1. The van der Waals surface area contributed by atoms with Gasteiger partial charge in [-0.25, -0.2) is 0 Å². The van der Waals surface area contributed by atoms with Gasteiger partial charge in [0.15, 0.2) is 0 Å². The normalized spacial score (nSPS) is 14.9. The fraction of sp³-hybridized carbons (Fsp3) is 0.438. The molecule has 4 rings (SSSR count). The van der Waals surface area contributed by atoms with Gasteiger partial charge < -0.3 is 20.1 Å². The molecule has 3 aromatic carbocycles. The van der Waals surface area contributed by atoms with Gasteiger partial charge in [-0.05, 0) is 104 Å². The van der Waals surface area contributed by atoms with Crippen LogP contribution in [-0.4, -0.2) is 31.9 Å². The van der Waals surface area contributed by atoms with E-state index < -0.39 is 0 Å². The maximum absolute atomic E-state index is 9.88. The highest BCUT2D eigenvalue weighted by molar-refractivity contribution is 5.60. The van der Waals surface area contributed by atoms with Gasteiger partial charge in [0.1, 0.15) is 11.5 Å². The van der Waals surface area contributed by atoms with Crippen molar-refractivity contribution in [2.45, 2.75) is 64.8 Å². The number of phenols is 1. The molecule has 0 amide bonds. The summed E-state index contributed by atoms with van der Waals surface area (Å²) in [7, 11) is 1.74. The van der Waals surface area contributed by atoms with Gasteiger partial charge in [-0.3, -0.25) is 0 Å². The highest BCUT2D eigenvalue weighted by Gasteiger charge is 2.24. The molecular formula is C32H42N2O2. The predicted octanol–water partition coefficient (Wildman–Crippen LogP) is 6.63. The van der Waals surface area contributed by atoms with Gasteiger partial charge in [0.05, 0.1) is 7.11 Å². The molecule has 3 aromatic rings. The Labute approximate surface area is 217 Å². The molecule has 1 aliphatic carbocycles. The number of benzene rings is 3. The van der Waals surface area contributed by atoms with Crippen LogP contribution in [0.15, 0.2) is 60.7 Å². The maximum Gasteiger partial charge on any atom is 0.120 e. The van der Waals surface area contributed by atoms with Crippen molar-refractivity contribution in [1.29, 1.82) is 0 Å². The van der Waals surface area contributed by atoms with Gasteiger partial charge >= 0.3 is 0 Å². The molecule has 0 aliphatic heterocycles. The van der Waals surface area contributed by atoms with Crippen molar-refractivity contribution in [3.05, 3.63) is 88.5 Å². The first-order valence-corrected chi connectivity index (χ1v) is 13.6. The average Bonchev–Trinajstić information content (AvgIpc) is 2.91. The van der Waals surface area contributed by atoms with Crippen molar-refractivity contribution in [3.8, 4) is 11.5 Å². The van der Waals surface area contributed by atoms with Crippen LogP contribution in [0, 0.1) is 0 Å². The van der Waals surface area contributed by atoms with E-state index in [2.05, 4.69) is 72.6 Å². The van der Waals surface area contributed by atoms with Crippen molar-refractivity contribution < 1.29 is 9.84 Å². The second kappa shape index (κ2) is 12.8. The van der Waals surface area contributed by atoms with Gasteiger partial charge in [-0.1, -0.05) is 49.7 Å². The van der Waals surface area contributed by atoms with Crippen LogP contribution in [0.5, 0.6) is 11.5 Å². The number of methoxy groups -OCH3 is 1. The number of ether oxygens (including phenoxy) is 1. The summed E-state index contributed by atoms with van der Waals surface area (Å²) in [4.78, 5) is 2.48. The zero-order valence-electron chi connectivity index (χ0n) is 22.2. The third kappa shape index (κ3) is 6.61. The number of hydrogen-bond acceptors (Lipinski definition) is 4. The maximum atomic E-state index is 9.88. The fourth-order valence-corrected chi connectivity index (χ4v) is 5.33. The van der Waals surface area contributed by atoms with Crippen LogP contribution < -0.4 is 15.0 Å². The molecule has 0 saturated heterocycles. The van der Waals surface area contributed by atoms with Crippen molar-refractivity contribution in [2.75, 3.05) is 31.6 Å². The second-order valence-electron chi connectivity index (χ2n) is 10.0. The zero-order valence-corrected chi connectivity index (χ0v) is 22.2. The van der Waals surface area contributed by atoms with Crippen molar-refractivity contribution in [2.24, 2.45) is 0 Å². The molecule has 0 spiro atoms. The summed E-state index contributed by atoms with van der Waals surface area (Å²) >= 11 is 0. The van der Waals surface area contributed by atoms with E-state index in [1.165, 1.54) is 46.3 Å². The van der Waals surface area contributed by atoms with Gasteiger partial charge in [-0.2, -0.15) is 0 Å². The fourth-order valence-electron chi connectivity index (χ4n) is 5.33. The standard InChI is InChI=1S/C32H42N2O2/c1-4-6-18-33-19-17-24-7-9-25(10-8-24)23-34(5-2)32-22-30(36-3)15-16-31(32)28-12-11-27-21-29(35)14-13-26(27)20-28/h7-10,13-16,21-22,28,33,35H,4-6,11-12,17-20,23H2,1-3H3/t28-/m1/s1. The average molecular weight is 487 g/mol. The number of anilines is 1. The van der Waals surface area contributed by atoms with E-state index in [0.29, 0.717) is 11.7 Å². The van der Waals surface area contributed by atoms with E-state index in [-0.39, 0.29) is 0 Å². The van der Waals surface area contributed by atoms with Crippen LogP contribution in [0.2, 0.25) is 0 Å². The van der Waals surface area contributed by atoms with E-state index in [4.69, 9.17) is 4.74 Å². The smallest absolute Gasteiger partial charge is 0.120 e. The van der Waals surface area contributed by atoms with Gasteiger partial charge in [-0.15, -0.1) is 0 Å². The summed E-state index contributed by atoms with van der Waals surface area (Å²) in [5.41, 5.74) is 8.03. The summed E-state index contributed by atoms with van der Waals surface area (Å²) in [6.45, 7) is 8.42. The molecule has 36 heavy (non-hydrogen) atoms. The van der Waals surface area contributed by atoms with Crippen LogP contribution in [0.4, 0.5) is 5.69 Å². The Morgan fingerprint density at radius 3 is 2.50 bits per heavy atom. The quantitative estimate of drug-likeness (QED) is 0.282. The van der Waals surface area contributed by atoms with E-state index >= 15 is 0 Å². The molecule has 1 atom stereocenters. The summed E-state index contributed by atoms with van der Waals surface area (Å²) in [5.74, 6) is 1.73. The third-order valence-electron chi connectivity index (χ3n) is 7.51. The second-order valence-corrected chi connectivity index (χ2v) is 10.0. The molecule has 4 nitrogen and oxygen atoms in total. The highest BCUT2D eigenvalue weighted by Crippen LogP contribution is 2.40. The molecule has 2 N–H and O–H groups in total. The lowest BCUT2D eigenvalue weighted by Crippen LogP contribution is -2.25. The number of aryl methyl sites for hydroxylation is 1. The third-order valence-corrected chi connectivity index (χ3v) is 7.51. The van der Waals surface area contributed by atoms with E-state index in [9.17, 15) is 5.11 Å². The number of hydrogen-bond donors (Lipinski definition) is 2. The number of rotatable bonds is 12. The molecule has 0 aromatic heterocycles. The molecule has 1 aliphatic rings. The van der Waals surface area contributed by atoms with Gasteiger partial charge in [0, 0.05) is 24.8 Å². The monoisotopic (exact) mass is 486 g/mol. The minimum Gasteiger partial charge on any atom is -0.508 e. The van der Waals surface area contributed by atoms with E-state index in [0.717, 1.165) is 57.6 Å². The summed E-state index contributed by atoms with van der Waals surface area (Å²) in [5, 5.41) is 13.4. The Morgan fingerprint density at radius 1 is 0.944 bits per heavy atom. The van der Waals surface area contributed by atoms with Crippen molar-refractivity contribution in [3.63, 3.8) is 0 Å². The lowest BCUT2D eigenvalue weighted by Gasteiger charge is -2.32. The van der Waals surface area contributed by atoms with Crippen LogP contribution in [-0.2, 0) is 25.8 Å². The van der Waals surface area contributed by atoms with Crippen LogP contribution in [0.1, 0.15) is 66.8 Å². The SMILES string of the molecule is CCCCNCCc1ccc(CN(CC)c2cc(OC)ccc2[C@@H]2CCc3cc(O)ccc3C2)cc1. The highest BCUT2D eigenvalue weighted by atomic mass is 16.5. The first kappa shape index (κ1) is 26.1. The molecule has 192 valence electrons. The molecule has 4 heteroatoms. The largest absolute Gasteiger partial charge is 0.508 e. The zero-order chi connectivity index (χ0) is 25.3. The molecular weight excluding hydrogens is 444 g/mol.